The first-order chi connectivity index (χ1) is 14.1. The standard InChI is InChI=1S/C21H20FNO6S/c1-28-19(24)21(20(25)29-2)11-17(13-3-7-15(22)8-4-13)18(12-21)14-5-9-16(10-6-14)30(23,26)27/h3-10H,11-12H2,1-2H3,(H2,23,26,27). The molecule has 0 spiro atoms. The second-order valence-electron chi connectivity index (χ2n) is 6.95. The quantitative estimate of drug-likeness (QED) is 0.573. The van der Waals surface area contributed by atoms with Gasteiger partial charge in [0.15, 0.2) is 5.41 Å². The van der Waals surface area contributed by atoms with Gasteiger partial charge in [-0.05, 0) is 46.5 Å². The van der Waals surface area contributed by atoms with Gasteiger partial charge in [-0.1, -0.05) is 24.3 Å². The van der Waals surface area contributed by atoms with Gasteiger partial charge in [0.25, 0.3) is 0 Å². The summed E-state index contributed by atoms with van der Waals surface area (Å²) >= 11 is 0. The Labute approximate surface area is 173 Å². The molecule has 0 saturated carbocycles. The van der Waals surface area contributed by atoms with Crippen LogP contribution < -0.4 is 5.14 Å². The molecule has 0 aromatic heterocycles. The molecule has 1 aliphatic rings. The highest BCUT2D eigenvalue weighted by Gasteiger charge is 2.53. The predicted molar refractivity (Wildman–Crippen MR) is 107 cm³/mol. The maximum absolute atomic E-state index is 13.4. The van der Waals surface area contributed by atoms with E-state index >= 15 is 0 Å². The third-order valence-electron chi connectivity index (χ3n) is 5.20. The average molecular weight is 433 g/mol. The van der Waals surface area contributed by atoms with E-state index in [0.717, 1.165) is 0 Å². The van der Waals surface area contributed by atoms with Crippen LogP contribution >= 0.6 is 0 Å². The zero-order valence-electron chi connectivity index (χ0n) is 16.3. The van der Waals surface area contributed by atoms with Crippen molar-refractivity contribution in [3.05, 3.63) is 65.5 Å². The lowest BCUT2D eigenvalue weighted by Gasteiger charge is -2.23. The Kier molecular flexibility index (Phi) is 5.78. The maximum Gasteiger partial charge on any atom is 0.323 e. The summed E-state index contributed by atoms with van der Waals surface area (Å²) in [5.74, 6) is -1.92. The fraction of sp³-hybridized carbons (Fsp3) is 0.238. The molecule has 1 aliphatic carbocycles. The van der Waals surface area contributed by atoms with Crippen molar-refractivity contribution < 1.29 is 31.9 Å². The molecule has 2 aromatic rings. The molecule has 158 valence electrons. The van der Waals surface area contributed by atoms with E-state index in [1.54, 1.807) is 24.3 Å². The molecule has 0 bridgehead atoms. The number of allylic oxidation sites excluding steroid dienone is 2. The lowest BCUT2D eigenvalue weighted by atomic mass is 9.82. The van der Waals surface area contributed by atoms with Crippen molar-refractivity contribution in [2.75, 3.05) is 14.2 Å². The topological polar surface area (TPSA) is 113 Å². The van der Waals surface area contributed by atoms with Gasteiger partial charge in [0.05, 0.1) is 19.1 Å². The van der Waals surface area contributed by atoms with Crippen LogP contribution in [0, 0.1) is 11.2 Å². The molecule has 7 nitrogen and oxygen atoms in total. The van der Waals surface area contributed by atoms with E-state index in [1.165, 1.54) is 38.5 Å². The molecule has 3 rings (SSSR count). The molecule has 0 aliphatic heterocycles. The van der Waals surface area contributed by atoms with Crippen molar-refractivity contribution in [1.82, 2.24) is 0 Å². The van der Waals surface area contributed by atoms with E-state index in [-0.39, 0.29) is 17.7 Å². The molecule has 0 amide bonds. The van der Waals surface area contributed by atoms with Crippen LogP contribution in [0.2, 0.25) is 0 Å². The molecule has 2 N–H and O–H groups in total. The lowest BCUT2D eigenvalue weighted by Crippen LogP contribution is -2.39. The fourth-order valence-corrected chi connectivity index (χ4v) is 4.21. The molecule has 0 fully saturated rings. The molecule has 0 saturated heterocycles. The Morgan fingerprint density at radius 3 is 1.63 bits per heavy atom. The van der Waals surface area contributed by atoms with Crippen LogP contribution in [-0.2, 0) is 29.1 Å². The Bertz CT molecular complexity index is 1110. The van der Waals surface area contributed by atoms with Crippen LogP contribution in [0.5, 0.6) is 0 Å². The van der Waals surface area contributed by atoms with Gasteiger partial charge in [-0.3, -0.25) is 9.59 Å². The van der Waals surface area contributed by atoms with Crippen LogP contribution in [0.3, 0.4) is 0 Å². The normalized spacial score (nSPS) is 15.7. The second-order valence-corrected chi connectivity index (χ2v) is 8.51. The minimum absolute atomic E-state index is 0.00967. The molecular formula is C21H20FNO6S. The Morgan fingerprint density at radius 1 is 0.867 bits per heavy atom. The summed E-state index contributed by atoms with van der Waals surface area (Å²) in [6.07, 6.45) is -0.0297. The fourth-order valence-electron chi connectivity index (χ4n) is 3.69. The van der Waals surface area contributed by atoms with Crippen molar-refractivity contribution in [2.45, 2.75) is 17.7 Å². The van der Waals surface area contributed by atoms with Gasteiger partial charge in [0.1, 0.15) is 5.82 Å². The number of esters is 2. The van der Waals surface area contributed by atoms with E-state index in [0.29, 0.717) is 22.3 Å². The third kappa shape index (κ3) is 3.86. The molecule has 30 heavy (non-hydrogen) atoms. The smallest absolute Gasteiger partial charge is 0.323 e. The molecular weight excluding hydrogens is 413 g/mol. The van der Waals surface area contributed by atoms with E-state index in [9.17, 15) is 22.4 Å². The molecule has 0 unspecified atom stereocenters. The zero-order chi connectivity index (χ0) is 22.1. The summed E-state index contributed by atoms with van der Waals surface area (Å²) in [5, 5.41) is 5.15. The molecule has 0 radical (unpaired) electrons. The van der Waals surface area contributed by atoms with E-state index in [2.05, 4.69) is 0 Å². The maximum atomic E-state index is 13.4. The van der Waals surface area contributed by atoms with Crippen LogP contribution in [0.25, 0.3) is 11.1 Å². The number of primary sulfonamides is 1. The summed E-state index contributed by atoms with van der Waals surface area (Å²) in [6, 6.07) is 11.4. The highest BCUT2D eigenvalue weighted by molar-refractivity contribution is 7.89. The predicted octanol–water partition coefficient (Wildman–Crippen LogP) is 2.51. The van der Waals surface area contributed by atoms with Crippen molar-refractivity contribution in [3.63, 3.8) is 0 Å². The van der Waals surface area contributed by atoms with Gasteiger partial charge in [0.2, 0.25) is 10.0 Å². The highest BCUT2D eigenvalue weighted by atomic mass is 32.2. The summed E-state index contributed by atoms with van der Waals surface area (Å²) in [4.78, 5) is 25.2. The zero-order valence-corrected chi connectivity index (χ0v) is 17.2. The highest BCUT2D eigenvalue weighted by Crippen LogP contribution is 2.51. The number of benzene rings is 2. The number of hydrogen-bond acceptors (Lipinski definition) is 6. The van der Waals surface area contributed by atoms with Crippen LogP contribution in [-0.4, -0.2) is 34.6 Å². The monoisotopic (exact) mass is 433 g/mol. The van der Waals surface area contributed by atoms with Gasteiger partial charge < -0.3 is 9.47 Å². The summed E-state index contributed by atoms with van der Waals surface area (Å²) < 4.78 is 46.3. The van der Waals surface area contributed by atoms with E-state index in [1.807, 2.05) is 0 Å². The number of carbonyl (C=O) groups is 2. The van der Waals surface area contributed by atoms with Gasteiger partial charge >= 0.3 is 11.9 Å². The Morgan fingerprint density at radius 2 is 1.27 bits per heavy atom. The van der Waals surface area contributed by atoms with Crippen LogP contribution in [0.1, 0.15) is 24.0 Å². The van der Waals surface area contributed by atoms with E-state index in [4.69, 9.17) is 14.6 Å². The lowest BCUT2D eigenvalue weighted by molar-refractivity contribution is -0.167. The minimum Gasteiger partial charge on any atom is -0.468 e. The molecule has 0 atom stereocenters. The number of hydrogen-bond donors (Lipinski definition) is 1. The number of nitrogens with two attached hydrogens (primary N) is 1. The Hall–Kier alpha value is -3.04. The average Bonchev–Trinajstić information content (AvgIpc) is 3.14. The third-order valence-corrected chi connectivity index (χ3v) is 6.13. The number of carbonyl (C=O) groups excluding carboxylic acids is 2. The first kappa shape index (κ1) is 21.7. The van der Waals surface area contributed by atoms with Gasteiger partial charge in [-0.25, -0.2) is 17.9 Å². The first-order valence-electron chi connectivity index (χ1n) is 8.90. The SMILES string of the molecule is COC(=O)C1(C(=O)OC)CC(c2ccc(F)cc2)=C(c2ccc(S(N)(=O)=O)cc2)C1. The molecule has 2 aromatic carbocycles. The van der Waals surface area contributed by atoms with Crippen LogP contribution in [0.15, 0.2) is 53.4 Å². The molecule has 0 heterocycles. The minimum atomic E-state index is -3.88. The Balaban J connectivity index is 2.17. The number of ether oxygens (including phenoxy) is 2. The summed E-state index contributed by atoms with van der Waals surface area (Å²) in [6.45, 7) is 0. The van der Waals surface area contributed by atoms with Gasteiger partial charge in [0, 0.05) is 12.8 Å². The van der Waals surface area contributed by atoms with Crippen molar-refractivity contribution in [1.29, 1.82) is 0 Å². The van der Waals surface area contributed by atoms with E-state index < -0.39 is 33.2 Å². The van der Waals surface area contributed by atoms with Crippen molar-refractivity contribution in [3.8, 4) is 0 Å². The number of methoxy groups -OCH3 is 2. The van der Waals surface area contributed by atoms with Crippen molar-refractivity contribution in [2.24, 2.45) is 10.6 Å². The largest absolute Gasteiger partial charge is 0.468 e. The van der Waals surface area contributed by atoms with Crippen molar-refractivity contribution >= 4 is 33.1 Å². The number of sulfonamides is 1. The summed E-state index contributed by atoms with van der Waals surface area (Å²) in [7, 11) is -1.51. The van der Waals surface area contributed by atoms with Gasteiger partial charge in [-0.15, -0.1) is 0 Å². The first-order valence-corrected chi connectivity index (χ1v) is 10.4. The number of rotatable bonds is 5. The van der Waals surface area contributed by atoms with Gasteiger partial charge in [-0.2, -0.15) is 0 Å². The van der Waals surface area contributed by atoms with Crippen LogP contribution in [0.4, 0.5) is 4.39 Å². The molecule has 9 heteroatoms. The second kappa shape index (κ2) is 8.00. The summed E-state index contributed by atoms with van der Waals surface area (Å²) in [5.41, 5.74) is 0.877. The number of halogens is 1.